The molecule has 2 aromatic rings. The summed E-state index contributed by atoms with van der Waals surface area (Å²) < 4.78 is 5.62. The van der Waals surface area contributed by atoms with E-state index < -0.39 is 5.41 Å². The smallest absolute Gasteiger partial charge is 0.253 e. The average Bonchev–Trinajstić information content (AvgIpc) is 2.62. The summed E-state index contributed by atoms with van der Waals surface area (Å²) in [6, 6.07) is 14.0. The lowest BCUT2D eigenvalue weighted by Crippen LogP contribution is -2.31. The molecule has 0 aromatic heterocycles. The van der Waals surface area contributed by atoms with Gasteiger partial charge in [0.05, 0.1) is 6.54 Å². The highest BCUT2D eigenvalue weighted by Gasteiger charge is 2.21. The van der Waals surface area contributed by atoms with E-state index in [1.165, 1.54) is 0 Å². The minimum atomic E-state index is -0.504. The Morgan fingerprint density at radius 1 is 1.11 bits per heavy atom. The third kappa shape index (κ3) is 6.29. The molecule has 6 heteroatoms. The van der Waals surface area contributed by atoms with E-state index in [-0.39, 0.29) is 11.8 Å². The van der Waals surface area contributed by atoms with Gasteiger partial charge in [-0.05, 0) is 42.5 Å². The molecule has 0 saturated heterocycles. The molecule has 0 atom stereocenters. The first-order valence-electron chi connectivity index (χ1n) is 8.72. The van der Waals surface area contributed by atoms with Crippen molar-refractivity contribution in [2.24, 2.45) is 5.41 Å². The molecule has 0 saturated carbocycles. The molecule has 0 heterocycles. The highest BCUT2D eigenvalue weighted by Crippen LogP contribution is 2.19. The highest BCUT2D eigenvalue weighted by molar-refractivity contribution is 6.30. The van der Waals surface area contributed by atoms with Crippen molar-refractivity contribution < 1.29 is 14.3 Å². The van der Waals surface area contributed by atoms with Gasteiger partial charge in [-0.2, -0.15) is 0 Å². The summed E-state index contributed by atoms with van der Waals surface area (Å²) in [6.07, 6.45) is 0. The predicted octanol–water partition coefficient (Wildman–Crippen LogP) is 4.48. The first kappa shape index (κ1) is 20.8. The van der Waals surface area contributed by atoms with Gasteiger partial charge >= 0.3 is 0 Å². The van der Waals surface area contributed by atoms with E-state index in [9.17, 15) is 9.59 Å². The predicted molar refractivity (Wildman–Crippen MR) is 108 cm³/mol. The summed E-state index contributed by atoms with van der Waals surface area (Å²) in [5.74, 6) is 0.463. The van der Waals surface area contributed by atoms with Gasteiger partial charge in [-0.25, -0.2) is 0 Å². The molecule has 0 bridgehead atoms. The molecule has 0 aliphatic rings. The van der Waals surface area contributed by atoms with Crippen molar-refractivity contribution in [1.29, 1.82) is 0 Å². The second-order valence-corrected chi connectivity index (χ2v) is 7.75. The third-order valence-electron chi connectivity index (χ3n) is 3.90. The van der Waals surface area contributed by atoms with Crippen molar-refractivity contribution in [3.8, 4) is 5.75 Å². The number of likely N-dealkylation sites (N-methyl/N-ethyl adjacent to an activating group) is 1. The molecule has 0 unspecified atom stereocenters. The van der Waals surface area contributed by atoms with Crippen LogP contribution in [0.25, 0.3) is 0 Å². The van der Waals surface area contributed by atoms with Crippen molar-refractivity contribution in [3.05, 3.63) is 59.1 Å². The van der Waals surface area contributed by atoms with Crippen LogP contribution in [0, 0.1) is 5.41 Å². The summed E-state index contributed by atoms with van der Waals surface area (Å²) in [7, 11) is 1.72. The van der Waals surface area contributed by atoms with Crippen LogP contribution in [0.2, 0.25) is 5.02 Å². The summed E-state index contributed by atoms with van der Waals surface area (Å²) in [5.41, 5.74) is 0.609. The van der Waals surface area contributed by atoms with Gasteiger partial charge in [0.2, 0.25) is 5.91 Å². The maximum absolute atomic E-state index is 12.6. The molecular formula is C21H25ClN2O3. The number of ether oxygens (including phenoxy) is 1. The fraction of sp³-hybridized carbons (Fsp3) is 0.333. The van der Waals surface area contributed by atoms with Crippen molar-refractivity contribution >= 4 is 29.1 Å². The number of halogens is 1. The minimum absolute atomic E-state index is 0.100. The molecular weight excluding hydrogens is 364 g/mol. The largest absolute Gasteiger partial charge is 0.492 e. The number of nitrogens with one attached hydrogen (secondary N) is 1. The van der Waals surface area contributed by atoms with Crippen molar-refractivity contribution in [1.82, 2.24) is 4.90 Å². The lowest BCUT2D eigenvalue weighted by atomic mass is 9.95. The van der Waals surface area contributed by atoms with Crippen molar-refractivity contribution in [2.75, 3.05) is 25.5 Å². The van der Waals surface area contributed by atoms with Gasteiger partial charge in [-0.15, -0.1) is 0 Å². The number of hydrogen-bond donors (Lipinski definition) is 1. The lowest BCUT2D eigenvalue weighted by molar-refractivity contribution is -0.123. The van der Waals surface area contributed by atoms with Crippen LogP contribution in [0.15, 0.2) is 48.5 Å². The Morgan fingerprint density at radius 3 is 2.41 bits per heavy atom. The van der Waals surface area contributed by atoms with Gasteiger partial charge < -0.3 is 15.0 Å². The highest BCUT2D eigenvalue weighted by atomic mass is 35.5. The number of carbonyl (C=O) groups is 2. The number of carbonyl (C=O) groups excluding carboxylic acids is 2. The zero-order valence-electron chi connectivity index (χ0n) is 16.1. The Kier molecular flexibility index (Phi) is 6.86. The molecule has 0 spiro atoms. The van der Waals surface area contributed by atoms with Crippen LogP contribution in [-0.2, 0) is 4.79 Å². The van der Waals surface area contributed by atoms with E-state index in [0.717, 1.165) is 0 Å². The summed E-state index contributed by atoms with van der Waals surface area (Å²) in [5, 5.41) is 3.49. The molecule has 1 N–H and O–H groups in total. The number of nitrogens with zero attached hydrogens (tertiary/aromatic N) is 1. The first-order chi connectivity index (χ1) is 12.7. The lowest BCUT2D eigenvalue weighted by Gasteiger charge is -2.19. The SMILES string of the molecule is CN(CCOc1ccc(Cl)cc1)C(=O)c1cccc(NC(=O)C(C)(C)C)c1. The van der Waals surface area contributed by atoms with Gasteiger partial charge in [-0.1, -0.05) is 38.4 Å². The standard InChI is InChI=1S/C21H25ClN2O3/c1-21(2,3)20(26)23-17-7-5-6-15(14-17)19(25)24(4)12-13-27-18-10-8-16(22)9-11-18/h5-11,14H,12-13H2,1-4H3,(H,23,26). The minimum Gasteiger partial charge on any atom is -0.492 e. The second kappa shape index (κ2) is 8.91. The maximum Gasteiger partial charge on any atom is 0.253 e. The van der Waals surface area contributed by atoms with E-state index in [1.54, 1.807) is 60.5 Å². The molecule has 2 amide bonds. The third-order valence-corrected chi connectivity index (χ3v) is 4.16. The molecule has 0 fully saturated rings. The van der Waals surface area contributed by atoms with Gasteiger partial charge in [0, 0.05) is 28.7 Å². The van der Waals surface area contributed by atoms with E-state index in [1.807, 2.05) is 20.8 Å². The quantitative estimate of drug-likeness (QED) is 0.793. The van der Waals surface area contributed by atoms with Crippen LogP contribution < -0.4 is 10.1 Å². The summed E-state index contributed by atoms with van der Waals surface area (Å²) in [4.78, 5) is 26.3. The van der Waals surface area contributed by atoms with Gasteiger partial charge in [0.1, 0.15) is 12.4 Å². The van der Waals surface area contributed by atoms with Crippen LogP contribution in [0.3, 0.4) is 0 Å². The van der Waals surface area contributed by atoms with Crippen LogP contribution in [0.4, 0.5) is 5.69 Å². The Balaban J connectivity index is 1.92. The normalized spacial score (nSPS) is 11.0. The Hall–Kier alpha value is -2.53. The second-order valence-electron chi connectivity index (χ2n) is 7.31. The Morgan fingerprint density at radius 2 is 1.78 bits per heavy atom. The summed E-state index contributed by atoms with van der Waals surface area (Å²) in [6.45, 7) is 6.31. The number of anilines is 1. The Bertz CT molecular complexity index is 798. The fourth-order valence-electron chi connectivity index (χ4n) is 2.20. The first-order valence-corrected chi connectivity index (χ1v) is 9.10. The number of benzene rings is 2. The number of rotatable bonds is 6. The zero-order valence-corrected chi connectivity index (χ0v) is 16.8. The van der Waals surface area contributed by atoms with Crippen molar-refractivity contribution in [2.45, 2.75) is 20.8 Å². The van der Waals surface area contributed by atoms with Crippen LogP contribution >= 0.6 is 11.6 Å². The summed E-state index contributed by atoms with van der Waals surface area (Å²) >= 11 is 5.84. The van der Waals surface area contributed by atoms with Gasteiger partial charge in [0.15, 0.2) is 0 Å². The molecule has 0 radical (unpaired) electrons. The maximum atomic E-state index is 12.6. The van der Waals surface area contributed by atoms with Crippen LogP contribution in [0.5, 0.6) is 5.75 Å². The zero-order chi connectivity index (χ0) is 20.0. The molecule has 2 rings (SSSR count). The number of hydrogen-bond acceptors (Lipinski definition) is 3. The van der Waals surface area contributed by atoms with Crippen molar-refractivity contribution in [3.63, 3.8) is 0 Å². The van der Waals surface area contributed by atoms with E-state index in [4.69, 9.17) is 16.3 Å². The average molecular weight is 389 g/mol. The van der Waals surface area contributed by atoms with E-state index in [0.29, 0.717) is 35.2 Å². The molecule has 5 nitrogen and oxygen atoms in total. The van der Waals surface area contributed by atoms with Crippen LogP contribution in [0.1, 0.15) is 31.1 Å². The molecule has 144 valence electrons. The topological polar surface area (TPSA) is 58.6 Å². The fourth-order valence-corrected chi connectivity index (χ4v) is 2.33. The molecule has 0 aliphatic carbocycles. The van der Waals surface area contributed by atoms with Gasteiger partial charge in [-0.3, -0.25) is 9.59 Å². The van der Waals surface area contributed by atoms with E-state index in [2.05, 4.69) is 5.32 Å². The van der Waals surface area contributed by atoms with Gasteiger partial charge in [0.25, 0.3) is 5.91 Å². The van der Waals surface area contributed by atoms with E-state index >= 15 is 0 Å². The monoisotopic (exact) mass is 388 g/mol. The van der Waals surface area contributed by atoms with Crippen LogP contribution in [-0.4, -0.2) is 36.9 Å². The molecule has 2 aromatic carbocycles. The molecule has 0 aliphatic heterocycles. The Labute approximate surface area is 165 Å². The number of amides is 2. The molecule has 27 heavy (non-hydrogen) atoms.